The van der Waals surface area contributed by atoms with Crippen LogP contribution < -0.4 is 5.73 Å². The summed E-state index contributed by atoms with van der Waals surface area (Å²) in [6.07, 6.45) is 2.42. The molecule has 0 atom stereocenters. The molecule has 1 aliphatic rings. The van der Waals surface area contributed by atoms with Crippen LogP contribution in [0.5, 0.6) is 0 Å². The van der Waals surface area contributed by atoms with Gasteiger partial charge in [-0.15, -0.1) is 0 Å². The molecular weight excluding hydrogens is 100 g/mol. The minimum absolute atomic E-state index is 0.235. The van der Waals surface area contributed by atoms with Gasteiger partial charge in [0.2, 0.25) is 0 Å². The fourth-order valence-electron chi connectivity index (χ4n) is 0.718. The van der Waals surface area contributed by atoms with Crippen molar-refractivity contribution in [2.24, 2.45) is 10.7 Å². The molecule has 0 aromatic rings. The van der Waals surface area contributed by atoms with Crippen LogP contribution in [-0.4, -0.2) is 11.4 Å². The Morgan fingerprint density at radius 2 is 2.12 bits per heavy atom. The van der Waals surface area contributed by atoms with E-state index in [0.717, 1.165) is 0 Å². The molecule has 1 rings (SSSR count). The van der Waals surface area contributed by atoms with Crippen molar-refractivity contribution < 1.29 is 0 Å². The fraction of sp³-hybridized carbons (Fsp3) is 0.833. The average molecular weight is 112 g/mol. The van der Waals surface area contributed by atoms with Gasteiger partial charge in [-0.25, -0.2) is 0 Å². The van der Waals surface area contributed by atoms with E-state index in [0.29, 0.717) is 5.84 Å². The molecule has 0 aromatic heterocycles. The molecule has 0 unspecified atom stereocenters. The highest BCUT2D eigenvalue weighted by molar-refractivity contribution is 5.78. The maximum absolute atomic E-state index is 5.37. The molecule has 0 aromatic carbocycles. The first kappa shape index (κ1) is 5.60. The Morgan fingerprint density at radius 1 is 1.62 bits per heavy atom. The second-order valence-electron chi connectivity index (χ2n) is 2.75. The van der Waals surface area contributed by atoms with E-state index in [1.807, 2.05) is 6.92 Å². The second-order valence-corrected chi connectivity index (χ2v) is 2.75. The zero-order valence-corrected chi connectivity index (χ0v) is 5.44. The number of hydrogen-bond donors (Lipinski definition) is 1. The molecule has 0 saturated heterocycles. The van der Waals surface area contributed by atoms with E-state index in [-0.39, 0.29) is 5.54 Å². The molecule has 0 bridgehead atoms. The highest BCUT2D eigenvalue weighted by atomic mass is 15.0. The van der Waals surface area contributed by atoms with Gasteiger partial charge in [0.05, 0.1) is 11.4 Å². The van der Waals surface area contributed by atoms with Crippen LogP contribution in [0.15, 0.2) is 4.99 Å². The van der Waals surface area contributed by atoms with Crippen LogP contribution in [0.3, 0.4) is 0 Å². The lowest BCUT2D eigenvalue weighted by molar-refractivity contribution is 0.762. The van der Waals surface area contributed by atoms with Crippen LogP contribution >= 0.6 is 0 Å². The molecule has 8 heavy (non-hydrogen) atoms. The Bertz CT molecular complexity index is 118. The van der Waals surface area contributed by atoms with E-state index in [9.17, 15) is 0 Å². The summed E-state index contributed by atoms with van der Waals surface area (Å²) in [6.45, 7) is 3.97. The summed E-state index contributed by atoms with van der Waals surface area (Å²) in [6, 6.07) is 0. The van der Waals surface area contributed by atoms with E-state index < -0.39 is 0 Å². The first-order chi connectivity index (χ1) is 3.62. The quantitative estimate of drug-likeness (QED) is 0.397. The van der Waals surface area contributed by atoms with Crippen molar-refractivity contribution in [3.63, 3.8) is 0 Å². The third-order valence-corrected chi connectivity index (χ3v) is 1.42. The van der Waals surface area contributed by atoms with E-state index in [1.165, 1.54) is 12.8 Å². The van der Waals surface area contributed by atoms with Crippen LogP contribution in [0.25, 0.3) is 0 Å². The highest BCUT2D eigenvalue weighted by Gasteiger charge is 2.36. The molecule has 0 amide bonds. The van der Waals surface area contributed by atoms with Crippen molar-refractivity contribution in [2.45, 2.75) is 32.2 Å². The molecule has 2 heteroatoms. The lowest BCUT2D eigenvalue weighted by Crippen LogP contribution is -2.10. The lowest BCUT2D eigenvalue weighted by atomic mass is 10.3. The van der Waals surface area contributed by atoms with Gasteiger partial charge in [0.1, 0.15) is 0 Å². The molecule has 0 radical (unpaired) electrons. The summed E-state index contributed by atoms with van der Waals surface area (Å²) in [5.74, 6) is 0.713. The first-order valence-corrected chi connectivity index (χ1v) is 2.94. The smallest absolute Gasteiger partial charge is 0.0912 e. The molecule has 46 valence electrons. The van der Waals surface area contributed by atoms with Gasteiger partial charge in [0.25, 0.3) is 0 Å². The molecular formula is C6H12N2. The summed E-state index contributed by atoms with van der Waals surface area (Å²) in [4.78, 5) is 4.22. The number of nitrogens with zero attached hydrogens (tertiary/aromatic N) is 1. The van der Waals surface area contributed by atoms with Gasteiger partial charge in [-0.05, 0) is 26.7 Å². The largest absolute Gasteiger partial charge is 0.388 e. The minimum atomic E-state index is 0.235. The zero-order valence-electron chi connectivity index (χ0n) is 5.44. The SMILES string of the molecule is CC(N)=NC1(C)CC1. The van der Waals surface area contributed by atoms with Crippen LogP contribution in [0.1, 0.15) is 26.7 Å². The standard InChI is InChI=1S/C6H12N2/c1-5(7)8-6(2)3-4-6/h3-4H2,1-2H3,(H2,7,8). The summed E-state index contributed by atoms with van der Waals surface area (Å²) in [5.41, 5.74) is 5.60. The van der Waals surface area contributed by atoms with E-state index in [1.54, 1.807) is 0 Å². The third-order valence-electron chi connectivity index (χ3n) is 1.42. The molecule has 1 fully saturated rings. The topological polar surface area (TPSA) is 38.4 Å². The predicted molar refractivity (Wildman–Crippen MR) is 34.9 cm³/mol. The van der Waals surface area contributed by atoms with Crippen molar-refractivity contribution >= 4 is 5.84 Å². The van der Waals surface area contributed by atoms with Gasteiger partial charge in [-0.1, -0.05) is 0 Å². The number of rotatable bonds is 1. The predicted octanol–water partition coefficient (Wildman–Crippen LogP) is 0.916. The Morgan fingerprint density at radius 3 is 2.25 bits per heavy atom. The van der Waals surface area contributed by atoms with Crippen molar-refractivity contribution in [3.05, 3.63) is 0 Å². The Hall–Kier alpha value is -0.530. The molecule has 2 N–H and O–H groups in total. The highest BCUT2D eigenvalue weighted by Crippen LogP contribution is 2.38. The summed E-state index contributed by atoms with van der Waals surface area (Å²) < 4.78 is 0. The first-order valence-electron chi connectivity index (χ1n) is 2.94. The molecule has 1 aliphatic carbocycles. The van der Waals surface area contributed by atoms with Crippen LogP contribution in [-0.2, 0) is 0 Å². The monoisotopic (exact) mass is 112 g/mol. The summed E-state index contributed by atoms with van der Waals surface area (Å²) in [7, 11) is 0. The summed E-state index contributed by atoms with van der Waals surface area (Å²) in [5, 5.41) is 0. The van der Waals surface area contributed by atoms with Crippen molar-refractivity contribution in [2.75, 3.05) is 0 Å². The van der Waals surface area contributed by atoms with Crippen LogP contribution in [0.2, 0.25) is 0 Å². The van der Waals surface area contributed by atoms with Gasteiger partial charge in [0.15, 0.2) is 0 Å². The molecule has 0 heterocycles. The normalized spacial score (nSPS) is 25.5. The average Bonchev–Trinajstić information content (AvgIpc) is 2.17. The molecule has 1 saturated carbocycles. The minimum Gasteiger partial charge on any atom is -0.388 e. The van der Waals surface area contributed by atoms with Gasteiger partial charge in [-0.3, -0.25) is 4.99 Å². The van der Waals surface area contributed by atoms with E-state index in [4.69, 9.17) is 5.73 Å². The zero-order chi connectivity index (χ0) is 6.20. The lowest BCUT2D eigenvalue weighted by Gasteiger charge is -1.98. The molecule has 0 aliphatic heterocycles. The molecule has 0 spiro atoms. The van der Waals surface area contributed by atoms with Gasteiger partial charge in [0, 0.05) is 0 Å². The Balaban J connectivity index is 2.50. The van der Waals surface area contributed by atoms with Gasteiger partial charge >= 0.3 is 0 Å². The number of amidine groups is 1. The third kappa shape index (κ3) is 1.22. The van der Waals surface area contributed by atoms with Crippen molar-refractivity contribution in [3.8, 4) is 0 Å². The van der Waals surface area contributed by atoms with Crippen molar-refractivity contribution in [1.82, 2.24) is 0 Å². The van der Waals surface area contributed by atoms with Gasteiger partial charge in [-0.2, -0.15) is 0 Å². The second kappa shape index (κ2) is 1.47. The fourth-order valence-corrected chi connectivity index (χ4v) is 0.718. The summed E-state index contributed by atoms with van der Waals surface area (Å²) >= 11 is 0. The Labute approximate surface area is 49.8 Å². The number of nitrogens with two attached hydrogens (primary N) is 1. The van der Waals surface area contributed by atoms with E-state index in [2.05, 4.69) is 11.9 Å². The van der Waals surface area contributed by atoms with Gasteiger partial charge < -0.3 is 5.73 Å². The Kier molecular flexibility index (Phi) is 1.03. The maximum Gasteiger partial charge on any atom is 0.0912 e. The van der Waals surface area contributed by atoms with Crippen LogP contribution in [0, 0.1) is 0 Å². The maximum atomic E-state index is 5.37. The van der Waals surface area contributed by atoms with Crippen LogP contribution in [0.4, 0.5) is 0 Å². The van der Waals surface area contributed by atoms with Crippen molar-refractivity contribution in [1.29, 1.82) is 0 Å². The molecule has 2 nitrogen and oxygen atoms in total. The van der Waals surface area contributed by atoms with E-state index >= 15 is 0 Å². The number of aliphatic imine (C=N–C) groups is 1. The number of hydrogen-bond acceptors (Lipinski definition) is 1.